The summed E-state index contributed by atoms with van der Waals surface area (Å²) in [6.45, 7) is 5.06. The van der Waals surface area contributed by atoms with Crippen molar-refractivity contribution in [2.75, 3.05) is 0 Å². The van der Waals surface area contributed by atoms with E-state index in [2.05, 4.69) is 200 Å². The molecular weight excluding hydrogens is 647 g/mol. The van der Waals surface area contributed by atoms with Crippen LogP contribution in [0, 0.1) is 0 Å². The highest BCUT2D eigenvalue weighted by Gasteiger charge is 2.37. The van der Waals surface area contributed by atoms with Crippen LogP contribution in [0.1, 0.15) is 18.1 Å². The van der Waals surface area contributed by atoms with E-state index in [1.54, 1.807) is 0 Å². The first kappa shape index (κ1) is 30.0. The van der Waals surface area contributed by atoms with Gasteiger partial charge in [0.1, 0.15) is 24.5 Å². The highest BCUT2D eigenvalue weighted by atomic mass is 15.2. The Morgan fingerprint density at radius 1 is 0.453 bits per heavy atom. The van der Waals surface area contributed by atoms with Crippen LogP contribution in [0.4, 0.5) is 0 Å². The summed E-state index contributed by atoms with van der Waals surface area (Å²) < 4.78 is 12.2. The molecule has 0 spiro atoms. The van der Waals surface area contributed by atoms with E-state index in [1.165, 1.54) is 89.2 Å². The SMILES string of the molecule is CCn1c2ccccc2c2c3c(ccc21)-c1n(-c2ccccc2)c2ccccc2[n+]1C3.c1ccc(-n2c3[n+](c4ccccc42)Cc2ccccc2-3)cc1. The Kier molecular flexibility index (Phi) is 6.59. The number of para-hydroxylation sites is 7. The van der Waals surface area contributed by atoms with Gasteiger partial charge in [0.25, 0.3) is 11.6 Å². The van der Waals surface area contributed by atoms with Gasteiger partial charge in [-0.05, 0) is 79.7 Å². The fourth-order valence-corrected chi connectivity index (χ4v) is 9.12. The third-order valence-corrected chi connectivity index (χ3v) is 11.3. The van der Waals surface area contributed by atoms with Gasteiger partial charge in [0.2, 0.25) is 0 Å². The van der Waals surface area contributed by atoms with Crippen molar-refractivity contribution >= 4 is 43.9 Å². The van der Waals surface area contributed by atoms with E-state index in [9.17, 15) is 0 Å². The van der Waals surface area contributed by atoms with Crippen LogP contribution in [-0.2, 0) is 19.6 Å². The van der Waals surface area contributed by atoms with Crippen molar-refractivity contribution in [3.63, 3.8) is 0 Å². The van der Waals surface area contributed by atoms with Gasteiger partial charge in [0.05, 0.1) is 11.1 Å². The number of benzene rings is 7. The lowest BCUT2D eigenvalue weighted by atomic mass is 10.0. The second kappa shape index (κ2) is 11.7. The summed E-state index contributed by atoms with van der Waals surface area (Å²) in [5, 5.41) is 2.76. The Labute approximate surface area is 307 Å². The molecule has 53 heavy (non-hydrogen) atoms. The van der Waals surface area contributed by atoms with Crippen LogP contribution in [0.2, 0.25) is 0 Å². The largest absolute Gasteiger partial charge is 0.341 e. The standard InChI is InChI=1S/C28H22N3.C20H15N2/c1-2-29-23-13-7-6-12-21(23)27-22-18-30-24-14-8-9-15-25(24)31(19-10-4-3-5-11-19)28(30)20(22)16-17-26(27)29;1-2-9-16(10-3-1)22-19-13-7-6-12-18(19)21-14-15-8-4-5-11-17(15)20(21)22/h3-17H,2,18H2,1H3;1-13H,14H2/q2*+1. The van der Waals surface area contributed by atoms with Crippen LogP contribution in [0.5, 0.6) is 0 Å². The van der Waals surface area contributed by atoms with Gasteiger partial charge in [0, 0.05) is 39.5 Å². The minimum absolute atomic E-state index is 0.903. The molecule has 10 aromatic rings. The minimum atomic E-state index is 0.903. The van der Waals surface area contributed by atoms with Gasteiger partial charge in [-0.1, -0.05) is 97.1 Å². The molecule has 0 amide bonds. The van der Waals surface area contributed by atoms with Gasteiger partial charge in [-0.25, -0.2) is 9.13 Å². The predicted octanol–water partition coefficient (Wildman–Crippen LogP) is 10.0. The molecule has 0 radical (unpaired) electrons. The number of aryl methyl sites for hydroxylation is 1. The number of fused-ring (bicyclic) bond motifs is 14. The average molecular weight is 684 g/mol. The zero-order valence-corrected chi connectivity index (χ0v) is 29.5. The van der Waals surface area contributed by atoms with Crippen molar-refractivity contribution in [3.05, 3.63) is 181 Å². The fourth-order valence-electron chi connectivity index (χ4n) is 9.12. The zero-order chi connectivity index (χ0) is 35.0. The lowest BCUT2D eigenvalue weighted by Crippen LogP contribution is -2.31. The molecule has 0 saturated carbocycles. The molecule has 5 heterocycles. The number of imidazole rings is 2. The highest BCUT2D eigenvalue weighted by Crippen LogP contribution is 2.41. The molecule has 7 aromatic carbocycles. The summed E-state index contributed by atoms with van der Waals surface area (Å²) in [4.78, 5) is 0. The number of hydrogen-bond acceptors (Lipinski definition) is 0. The van der Waals surface area contributed by atoms with Crippen LogP contribution in [0.25, 0.3) is 78.0 Å². The fraction of sp³-hybridized carbons (Fsp3) is 0.0833. The summed E-state index contributed by atoms with van der Waals surface area (Å²) >= 11 is 0. The Hall–Kier alpha value is -6.72. The van der Waals surface area contributed by atoms with Crippen molar-refractivity contribution in [1.29, 1.82) is 0 Å². The summed E-state index contributed by atoms with van der Waals surface area (Å²) in [7, 11) is 0. The van der Waals surface area contributed by atoms with Crippen LogP contribution in [0.3, 0.4) is 0 Å². The molecule has 0 atom stereocenters. The van der Waals surface area contributed by atoms with E-state index >= 15 is 0 Å². The van der Waals surface area contributed by atoms with E-state index in [0.29, 0.717) is 0 Å². The van der Waals surface area contributed by atoms with Gasteiger partial charge >= 0.3 is 0 Å². The quantitative estimate of drug-likeness (QED) is 0.166. The van der Waals surface area contributed by atoms with Gasteiger partial charge in [0.15, 0.2) is 22.1 Å². The second-order valence-electron chi connectivity index (χ2n) is 14.0. The first-order chi connectivity index (χ1) is 26.3. The van der Waals surface area contributed by atoms with Gasteiger partial charge in [-0.15, -0.1) is 0 Å². The molecule has 0 fully saturated rings. The van der Waals surface area contributed by atoms with Crippen molar-refractivity contribution in [1.82, 2.24) is 13.7 Å². The van der Waals surface area contributed by atoms with E-state index < -0.39 is 0 Å². The summed E-state index contributed by atoms with van der Waals surface area (Å²) in [6.07, 6.45) is 0. The first-order valence-electron chi connectivity index (χ1n) is 18.6. The molecule has 0 bridgehead atoms. The molecule has 252 valence electrons. The van der Waals surface area contributed by atoms with Crippen LogP contribution in [0.15, 0.2) is 170 Å². The summed E-state index contributed by atoms with van der Waals surface area (Å²) in [5.41, 5.74) is 15.7. The number of aromatic nitrogens is 5. The maximum atomic E-state index is 2.49. The van der Waals surface area contributed by atoms with Crippen LogP contribution >= 0.6 is 0 Å². The second-order valence-corrected chi connectivity index (χ2v) is 14.0. The summed E-state index contributed by atoms with van der Waals surface area (Å²) in [5.74, 6) is 2.56. The molecule has 0 aliphatic carbocycles. The maximum Gasteiger partial charge on any atom is 0.295 e. The Morgan fingerprint density at radius 3 is 1.64 bits per heavy atom. The van der Waals surface area contributed by atoms with Crippen LogP contribution < -0.4 is 9.13 Å². The Balaban J connectivity index is 0.000000132. The summed E-state index contributed by atoms with van der Waals surface area (Å²) in [6, 6.07) is 60.9. The lowest BCUT2D eigenvalue weighted by molar-refractivity contribution is -0.646. The molecule has 3 aromatic heterocycles. The molecular formula is C48H37N5+2. The predicted molar refractivity (Wildman–Crippen MR) is 215 cm³/mol. The zero-order valence-electron chi connectivity index (χ0n) is 29.5. The highest BCUT2D eigenvalue weighted by molar-refractivity contribution is 6.11. The molecule has 5 nitrogen and oxygen atoms in total. The van der Waals surface area contributed by atoms with E-state index in [4.69, 9.17) is 0 Å². The smallest absolute Gasteiger partial charge is 0.295 e. The molecule has 2 aliphatic heterocycles. The molecule has 0 unspecified atom stereocenters. The van der Waals surface area contributed by atoms with Crippen LogP contribution in [-0.4, -0.2) is 13.7 Å². The van der Waals surface area contributed by atoms with E-state index in [1.807, 2.05) is 0 Å². The lowest BCUT2D eigenvalue weighted by Gasteiger charge is -2.05. The topological polar surface area (TPSA) is 22.5 Å². The average Bonchev–Trinajstić information content (AvgIpc) is 4.01. The normalized spacial score (nSPS) is 12.5. The van der Waals surface area contributed by atoms with Crippen molar-refractivity contribution < 1.29 is 9.13 Å². The van der Waals surface area contributed by atoms with Crippen molar-refractivity contribution in [3.8, 4) is 34.2 Å². The third-order valence-electron chi connectivity index (χ3n) is 11.3. The van der Waals surface area contributed by atoms with Gasteiger partial charge < -0.3 is 4.57 Å². The minimum Gasteiger partial charge on any atom is -0.341 e. The number of nitrogens with zero attached hydrogens (tertiary/aromatic N) is 5. The monoisotopic (exact) mass is 683 g/mol. The molecule has 2 aliphatic rings. The molecule has 0 saturated heterocycles. The van der Waals surface area contributed by atoms with Crippen molar-refractivity contribution in [2.24, 2.45) is 0 Å². The van der Waals surface area contributed by atoms with E-state index in [-0.39, 0.29) is 0 Å². The Morgan fingerprint density at radius 2 is 0.981 bits per heavy atom. The van der Waals surface area contributed by atoms with Gasteiger partial charge in [-0.2, -0.15) is 9.13 Å². The molecule has 12 rings (SSSR count). The third kappa shape index (κ3) is 4.31. The maximum absolute atomic E-state index is 2.49. The molecule has 0 N–H and O–H groups in total. The van der Waals surface area contributed by atoms with E-state index in [0.717, 1.165) is 19.6 Å². The number of hydrogen-bond donors (Lipinski definition) is 0. The Bertz CT molecular complexity index is 3040. The first-order valence-corrected chi connectivity index (χ1v) is 18.6. The van der Waals surface area contributed by atoms with Crippen molar-refractivity contribution in [2.45, 2.75) is 26.6 Å². The van der Waals surface area contributed by atoms with Gasteiger partial charge in [-0.3, -0.25) is 0 Å². The molecule has 5 heteroatoms. The number of rotatable bonds is 3.